The van der Waals surface area contributed by atoms with E-state index in [9.17, 15) is 24.0 Å². The molecule has 0 spiro atoms. The molecule has 1 heterocycles. The van der Waals surface area contributed by atoms with Crippen molar-refractivity contribution in [1.82, 2.24) is 9.55 Å². The lowest BCUT2D eigenvalue weighted by molar-refractivity contribution is 0.0689. The second-order valence-electron chi connectivity index (χ2n) is 6.86. The van der Waals surface area contributed by atoms with Crippen molar-refractivity contribution in [3.8, 4) is 29.0 Å². The van der Waals surface area contributed by atoms with Gasteiger partial charge in [-0.3, -0.25) is 4.79 Å². The molecule has 164 valence electrons. The molecule has 10 heteroatoms. The van der Waals surface area contributed by atoms with E-state index in [1.165, 1.54) is 0 Å². The number of halogens is 1. The molecular weight excluding hydrogens is 433 g/mol. The van der Waals surface area contributed by atoms with E-state index in [0.717, 1.165) is 22.9 Å². The lowest BCUT2D eigenvalue weighted by atomic mass is 10.1. The van der Waals surface area contributed by atoms with Gasteiger partial charge in [0, 0.05) is 12.1 Å². The van der Waals surface area contributed by atoms with Crippen LogP contribution < -0.4 is 20.7 Å². The summed E-state index contributed by atoms with van der Waals surface area (Å²) in [6.45, 7) is 0. The molecule has 0 saturated carbocycles. The maximum Gasteiger partial charge on any atom is 0.352 e. The van der Waals surface area contributed by atoms with Crippen molar-refractivity contribution < 1.29 is 23.8 Å². The number of carbonyl (C=O) groups is 1. The summed E-state index contributed by atoms with van der Waals surface area (Å²) in [6.07, 6.45) is 0. The van der Waals surface area contributed by atoms with E-state index in [0.29, 0.717) is 22.1 Å². The first-order chi connectivity index (χ1) is 15.8. The summed E-state index contributed by atoms with van der Waals surface area (Å²) < 4.78 is 26.1. The lowest BCUT2D eigenvalue weighted by Crippen LogP contribution is -2.35. The summed E-state index contributed by atoms with van der Waals surface area (Å²) in [5.41, 5.74) is -3.53. The molecule has 1 aromatic heterocycles. The largest absolute Gasteiger partial charge is 0.497 e. The SMILES string of the molecule is COc1ccc2cc(Oc3cc(-n4c(=O)cc(C(=O)O)[nH]c4=O)c(F)cc3C#N)ccc2c1. The average Bonchev–Trinajstić information content (AvgIpc) is 2.79. The topological polar surface area (TPSA) is 134 Å². The van der Waals surface area contributed by atoms with E-state index in [4.69, 9.17) is 14.6 Å². The summed E-state index contributed by atoms with van der Waals surface area (Å²) in [6, 6.07) is 14.8. The molecule has 0 unspecified atom stereocenters. The Hall–Kier alpha value is -4.91. The highest BCUT2D eigenvalue weighted by Gasteiger charge is 2.18. The highest BCUT2D eigenvalue weighted by atomic mass is 19.1. The van der Waals surface area contributed by atoms with Gasteiger partial charge in [-0.25, -0.2) is 18.5 Å². The average molecular weight is 447 g/mol. The van der Waals surface area contributed by atoms with Crippen LogP contribution in [0.25, 0.3) is 16.5 Å². The molecule has 4 rings (SSSR count). The van der Waals surface area contributed by atoms with Gasteiger partial charge in [0.05, 0.1) is 18.4 Å². The van der Waals surface area contributed by atoms with Gasteiger partial charge < -0.3 is 19.6 Å². The summed E-state index contributed by atoms with van der Waals surface area (Å²) in [5.74, 6) is -1.66. The van der Waals surface area contributed by atoms with Crippen LogP contribution in [0.15, 0.2) is 64.2 Å². The second-order valence-corrected chi connectivity index (χ2v) is 6.86. The number of nitrogens with zero attached hydrogens (tertiary/aromatic N) is 2. The Morgan fingerprint density at radius 1 is 1.06 bits per heavy atom. The second kappa shape index (κ2) is 8.32. The number of carboxylic acids is 1. The van der Waals surface area contributed by atoms with Crippen molar-refractivity contribution in [1.29, 1.82) is 5.26 Å². The van der Waals surface area contributed by atoms with E-state index in [1.54, 1.807) is 31.4 Å². The third kappa shape index (κ3) is 4.03. The number of ether oxygens (including phenoxy) is 2. The minimum atomic E-state index is -1.52. The zero-order valence-corrected chi connectivity index (χ0v) is 17.0. The quantitative estimate of drug-likeness (QED) is 0.480. The van der Waals surface area contributed by atoms with Crippen LogP contribution in [0.2, 0.25) is 0 Å². The Morgan fingerprint density at radius 2 is 1.73 bits per heavy atom. The molecule has 3 aromatic carbocycles. The van der Waals surface area contributed by atoms with Gasteiger partial charge in [-0.05, 0) is 41.1 Å². The molecule has 0 bridgehead atoms. The minimum Gasteiger partial charge on any atom is -0.497 e. The van der Waals surface area contributed by atoms with E-state index >= 15 is 0 Å². The molecule has 0 atom stereocenters. The smallest absolute Gasteiger partial charge is 0.352 e. The van der Waals surface area contributed by atoms with Gasteiger partial charge in [-0.15, -0.1) is 0 Å². The zero-order chi connectivity index (χ0) is 23.7. The molecule has 0 aliphatic rings. The Kier molecular flexibility index (Phi) is 5.37. The van der Waals surface area contributed by atoms with Gasteiger partial charge in [0.25, 0.3) is 5.56 Å². The predicted octanol–water partition coefficient (Wildman–Crippen LogP) is 3.19. The normalized spacial score (nSPS) is 10.6. The summed E-state index contributed by atoms with van der Waals surface area (Å²) in [7, 11) is 1.56. The molecule has 0 saturated heterocycles. The number of hydrogen-bond acceptors (Lipinski definition) is 6. The monoisotopic (exact) mass is 447 g/mol. The third-order valence-electron chi connectivity index (χ3n) is 4.82. The molecule has 0 aliphatic heterocycles. The molecule has 4 aromatic rings. The van der Waals surface area contributed by atoms with Gasteiger partial charge in [-0.2, -0.15) is 5.26 Å². The van der Waals surface area contributed by atoms with Crippen LogP contribution in [0.4, 0.5) is 4.39 Å². The summed E-state index contributed by atoms with van der Waals surface area (Å²) in [5, 5.41) is 20.1. The molecule has 9 nitrogen and oxygen atoms in total. The first-order valence-electron chi connectivity index (χ1n) is 9.40. The van der Waals surface area contributed by atoms with Crippen molar-refractivity contribution in [3.05, 3.63) is 92.5 Å². The molecule has 0 amide bonds. The maximum atomic E-state index is 14.7. The lowest BCUT2D eigenvalue weighted by Gasteiger charge is -2.12. The highest BCUT2D eigenvalue weighted by molar-refractivity contribution is 5.85. The number of aromatic carboxylic acids is 1. The summed E-state index contributed by atoms with van der Waals surface area (Å²) in [4.78, 5) is 37.7. The molecule has 33 heavy (non-hydrogen) atoms. The third-order valence-corrected chi connectivity index (χ3v) is 4.82. The Bertz CT molecular complexity index is 1550. The van der Waals surface area contributed by atoms with Crippen LogP contribution in [0.3, 0.4) is 0 Å². The van der Waals surface area contributed by atoms with Crippen molar-refractivity contribution in [3.63, 3.8) is 0 Å². The number of rotatable bonds is 5. The highest BCUT2D eigenvalue weighted by Crippen LogP contribution is 2.31. The number of methoxy groups -OCH3 is 1. The van der Waals surface area contributed by atoms with Crippen LogP contribution in [-0.4, -0.2) is 27.7 Å². The van der Waals surface area contributed by atoms with Crippen LogP contribution in [-0.2, 0) is 0 Å². The molecule has 0 aliphatic carbocycles. The van der Waals surface area contributed by atoms with Crippen molar-refractivity contribution in [2.75, 3.05) is 7.11 Å². The van der Waals surface area contributed by atoms with Crippen LogP contribution in [0.5, 0.6) is 17.2 Å². The van der Waals surface area contributed by atoms with Gasteiger partial charge >= 0.3 is 11.7 Å². The van der Waals surface area contributed by atoms with Crippen LogP contribution >= 0.6 is 0 Å². The van der Waals surface area contributed by atoms with Gasteiger partial charge in [-0.1, -0.05) is 12.1 Å². The molecular formula is C23H14FN3O6. The standard InChI is InChI=1S/C23H14FN3O6/c1-32-15-4-2-13-7-16(5-3-12(13)6-15)33-20-10-19(17(24)8-14(20)11-25)27-21(28)9-18(22(29)30)26-23(27)31/h2-10H,1H3,(H,26,31)(H,29,30). The van der Waals surface area contributed by atoms with Crippen molar-refractivity contribution in [2.45, 2.75) is 0 Å². The van der Waals surface area contributed by atoms with Gasteiger partial charge in [0.1, 0.15) is 34.8 Å². The van der Waals surface area contributed by atoms with Crippen molar-refractivity contribution >= 4 is 16.7 Å². The number of nitriles is 1. The van der Waals surface area contributed by atoms with E-state index in [1.807, 2.05) is 23.2 Å². The van der Waals surface area contributed by atoms with Crippen LogP contribution in [0.1, 0.15) is 16.1 Å². The minimum absolute atomic E-state index is 0.102. The molecule has 2 N–H and O–H groups in total. The first kappa shape index (κ1) is 21.3. The fourth-order valence-corrected chi connectivity index (χ4v) is 3.24. The number of aromatic nitrogens is 2. The fourth-order valence-electron chi connectivity index (χ4n) is 3.24. The number of hydrogen-bond donors (Lipinski definition) is 2. The van der Waals surface area contributed by atoms with Crippen molar-refractivity contribution in [2.24, 2.45) is 0 Å². The summed E-state index contributed by atoms with van der Waals surface area (Å²) >= 11 is 0. The Balaban J connectivity index is 1.81. The fraction of sp³-hybridized carbons (Fsp3) is 0.0435. The predicted molar refractivity (Wildman–Crippen MR) is 115 cm³/mol. The zero-order valence-electron chi connectivity index (χ0n) is 17.0. The number of H-pyrrole nitrogens is 1. The number of carboxylic acid groups (broad SMARTS) is 1. The Labute approximate surface area is 184 Å². The molecule has 0 radical (unpaired) electrons. The Morgan fingerprint density at radius 3 is 2.33 bits per heavy atom. The first-order valence-corrected chi connectivity index (χ1v) is 9.40. The number of aromatic amines is 1. The number of nitrogens with one attached hydrogen (secondary N) is 1. The van der Waals surface area contributed by atoms with Crippen LogP contribution in [0, 0.1) is 17.1 Å². The van der Waals surface area contributed by atoms with Gasteiger partial charge in [0.2, 0.25) is 0 Å². The van der Waals surface area contributed by atoms with Gasteiger partial charge in [0.15, 0.2) is 0 Å². The number of fused-ring (bicyclic) bond motifs is 1. The van der Waals surface area contributed by atoms with E-state index in [-0.39, 0.29) is 11.3 Å². The van der Waals surface area contributed by atoms with E-state index in [2.05, 4.69) is 0 Å². The number of benzene rings is 3. The maximum absolute atomic E-state index is 14.7. The molecule has 0 fully saturated rings. The van der Waals surface area contributed by atoms with E-state index < -0.39 is 34.4 Å².